The van der Waals surface area contributed by atoms with Gasteiger partial charge in [0, 0.05) is 18.6 Å². The minimum atomic E-state index is -1.34. The van der Waals surface area contributed by atoms with Crippen LogP contribution >= 0.6 is 0 Å². The molecule has 189 valence electrons. The molecule has 3 aromatic heterocycles. The molecular formula is C21H15CrN3O12+3. The van der Waals surface area contributed by atoms with Crippen molar-refractivity contribution in [2.45, 2.75) is 0 Å². The molecule has 3 heterocycles. The molecule has 0 fully saturated rings. The van der Waals surface area contributed by atoms with Crippen molar-refractivity contribution < 1.29 is 76.8 Å². The van der Waals surface area contributed by atoms with Crippen LogP contribution in [0.25, 0.3) is 0 Å². The van der Waals surface area contributed by atoms with Gasteiger partial charge in [0.2, 0.25) is 0 Å². The standard InChI is InChI=1S/3C7H5NO4.Cr/c3*9-6(10)4-2-1-3-8-5(4)7(11)12;/h3*1-3H,(H,9,10)(H,11,12);/q;;;+3. The van der Waals surface area contributed by atoms with Crippen LogP contribution in [0, 0.1) is 0 Å². The summed E-state index contributed by atoms with van der Waals surface area (Å²) in [4.78, 5) is 72.7. The Kier molecular flexibility index (Phi) is 12.8. The van der Waals surface area contributed by atoms with Crippen molar-refractivity contribution in [1.29, 1.82) is 0 Å². The molecule has 0 saturated carbocycles. The van der Waals surface area contributed by atoms with Crippen LogP contribution in [0.2, 0.25) is 0 Å². The van der Waals surface area contributed by atoms with E-state index in [4.69, 9.17) is 30.6 Å². The number of carboxylic acid groups (broad SMARTS) is 6. The molecule has 0 atom stereocenters. The molecule has 0 spiro atoms. The maximum atomic E-state index is 10.4. The van der Waals surface area contributed by atoms with Gasteiger partial charge < -0.3 is 30.6 Å². The summed E-state index contributed by atoms with van der Waals surface area (Å²) in [6.45, 7) is 0. The Hall–Kier alpha value is -5.20. The van der Waals surface area contributed by atoms with E-state index in [0.29, 0.717) is 0 Å². The first-order valence-electron chi connectivity index (χ1n) is 9.13. The predicted octanol–water partition coefficient (Wildman–Crippen LogP) is 1.43. The van der Waals surface area contributed by atoms with E-state index in [2.05, 4.69) is 15.0 Å². The number of hydrogen-bond donors (Lipinski definition) is 6. The maximum absolute atomic E-state index is 10.4. The Bertz CT molecular complexity index is 1070. The second-order valence-corrected chi connectivity index (χ2v) is 6.03. The zero-order chi connectivity index (χ0) is 27.4. The fourth-order valence-electron chi connectivity index (χ4n) is 2.24. The third kappa shape index (κ3) is 9.52. The third-order valence-corrected chi connectivity index (χ3v) is 3.72. The molecule has 0 aromatic carbocycles. The van der Waals surface area contributed by atoms with E-state index in [1.807, 2.05) is 0 Å². The van der Waals surface area contributed by atoms with Crippen LogP contribution in [0.15, 0.2) is 55.0 Å². The van der Waals surface area contributed by atoms with Gasteiger partial charge in [0.15, 0.2) is 17.1 Å². The van der Waals surface area contributed by atoms with Gasteiger partial charge in [0.25, 0.3) is 0 Å². The van der Waals surface area contributed by atoms with E-state index < -0.39 is 52.9 Å². The van der Waals surface area contributed by atoms with Gasteiger partial charge >= 0.3 is 53.2 Å². The Morgan fingerprint density at radius 2 is 0.649 bits per heavy atom. The van der Waals surface area contributed by atoms with Gasteiger partial charge in [-0.25, -0.2) is 43.7 Å². The smallest absolute Gasteiger partial charge is 0.478 e. The molecule has 0 bridgehead atoms. The number of carbonyl (C=O) groups is 6. The fourth-order valence-corrected chi connectivity index (χ4v) is 2.24. The van der Waals surface area contributed by atoms with Gasteiger partial charge in [-0.05, 0) is 36.4 Å². The summed E-state index contributed by atoms with van der Waals surface area (Å²) in [6, 6.07) is 7.69. The zero-order valence-corrected chi connectivity index (χ0v) is 19.4. The van der Waals surface area contributed by atoms with Crippen LogP contribution in [-0.4, -0.2) is 81.4 Å². The molecule has 0 unspecified atom stereocenters. The largest absolute Gasteiger partial charge is 3.00 e. The van der Waals surface area contributed by atoms with Crippen LogP contribution in [0.4, 0.5) is 0 Å². The summed E-state index contributed by atoms with van der Waals surface area (Å²) in [7, 11) is 0. The van der Waals surface area contributed by atoms with Crippen molar-refractivity contribution in [1.82, 2.24) is 15.0 Å². The van der Waals surface area contributed by atoms with Crippen LogP contribution in [0.1, 0.15) is 62.5 Å². The van der Waals surface area contributed by atoms with Crippen LogP contribution in [0.5, 0.6) is 0 Å². The van der Waals surface area contributed by atoms with Crippen molar-refractivity contribution in [3.63, 3.8) is 0 Å². The summed E-state index contributed by atoms with van der Waals surface area (Å²) in [6.07, 6.45) is 3.70. The Balaban J connectivity index is 0.000000518. The molecule has 3 aromatic rings. The number of nitrogens with zero attached hydrogens (tertiary/aromatic N) is 3. The van der Waals surface area contributed by atoms with E-state index in [0.717, 1.165) is 0 Å². The number of hydrogen-bond acceptors (Lipinski definition) is 9. The average Bonchev–Trinajstić information content (AvgIpc) is 2.84. The third-order valence-electron chi connectivity index (χ3n) is 3.72. The second kappa shape index (κ2) is 14.9. The molecule has 0 aliphatic carbocycles. The second-order valence-electron chi connectivity index (χ2n) is 6.03. The van der Waals surface area contributed by atoms with Gasteiger partial charge in [-0.3, -0.25) is 0 Å². The van der Waals surface area contributed by atoms with E-state index in [-0.39, 0.29) is 34.1 Å². The molecule has 15 nitrogen and oxygen atoms in total. The number of aromatic nitrogens is 3. The van der Waals surface area contributed by atoms with Crippen molar-refractivity contribution >= 4 is 35.8 Å². The minimum absolute atomic E-state index is 0. The molecule has 0 aliphatic heterocycles. The number of pyridine rings is 3. The number of carboxylic acids is 6. The average molecular weight is 553 g/mol. The first kappa shape index (κ1) is 31.8. The summed E-state index contributed by atoms with van der Waals surface area (Å²) >= 11 is 0. The Morgan fingerprint density at radius 3 is 0.784 bits per heavy atom. The van der Waals surface area contributed by atoms with Gasteiger partial charge in [-0.2, -0.15) is 0 Å². The fraction of sp³-hybridized carbons (Fsp3) is 0. The summed E-state index contributed by atoms with van der Waals surface area (Å²) in [5.41, 5.74) is -2.22. The number of rotatable bonds is 6. The molecule has 6 N–H and O–H groups in total. The Morgan fingerprint density at radius 1 is 0.432 bits per heavy atom. The molecule has 3 rings (SSSR count). The van der Waals surface area contributed by atoms with Crippen LogP contribution < -0.4 is 0 Å². The molecule has 0 saturated heterocycles. The molecule has 1 radical (unpaired) electrons. The quantitative estimate of drug-likeness (QED) is 0.252. The van der Waals surface area contributed by atoms with Crippen LogP contribution in [-0.2, 0) is 17.4 Å². The van der Waals surface area contributed by atoms with Gasteiger partial charge in [-0.1, -0.05) is 0 Å². The topological polar surface area (TPSA) is 262 Å². The predicted molar refractivity (Wildman–Crippen MR) is 114 cm³/mol. The molecule has 37 heavy (non-hydrogen) atoms. The van der Waals surface area contributed by atoms with E-state index in [1.165, 1.54) is 55.0 Å². The summed E-state index contributed by atoms with van der Waals surface area (Å²) in [5, 5.41) is 51.0. The zero-order valence-electron chi connectivity index (χ0n) is 18.1. The summed E-state index contributed by atoms with van der Waals surface area (Å²) < 4.78 is 0. The maximum Gasteiger partial charge on any atom is 3.00 e. The SMILES string of the molecule is O=C(O)c1cccnc1C(=O)O.O=C(O)c1cccnc1C(=O)O.O=C(O)c1cccnc1C(=O)O.[Cr+3]. The molecule has 0 aliphatic rings. The van der Waals surface area contributed by atoms with Crippen molar-refractivity contribution in [2.75, 3.05) is 0 Å². The van der Waals surface area contributed by atoms with E-state index in [1.54, 1.807) is 0 Å². The monoisotopic (exact) mass is 553 g/mol. The van der Waals surface area contributed by atoms with Crippen molar-refractivity contribution in [3.05, 3.63) is 88.8 Å². The van der Waals surface area contributed by atoms with Gasteiger partial charge in [-0.15, -0.1) is 0 Å². The first-order valence-corrected chi connectivity index (χ1v) is 9.13. The summed E-state index contributed by atoms with van der Waals surface area (Å²) in [5.74, 6) is -7.89. The molecule has 16 heteroatoms. The number of aromatic carboxylic acids is 6. The normalized spacial score (nSPS) is 9.08. The Labute approximate surface area is 216 Å². The first-order chi connectivity index (χ1) is 16.9. The minimum Gasteiger partial charge on any atom is -0.478 e. The molecule has 0 amide bonds. The van der Waals surface area contributed by atoms with Crippen molar-refractivity contribution in [3.8, 4) is 0 Å². The van der Waals surface area contributed by atoms with Crippen LogP contribution in [0.3, 0.4) is 0 Å². The van der Waals surface area contributed by atoms with E-state index >= 15 is 0 Å². The van der Waals surface area contributed by atoms with Gasteiger partial charge in [0.05, 0.1) is 16.7 Å². The molecular weight excluding hydrogens is 538 g/mol. The van der Waals surface area contributed by atoms with Gasteiger partial charge in [0.1, 0.15) is 0 Å². The van der Waals surface area contributed by atoms with Crippen molar-refractivity contribution in [2.24, 2.45) is 0 Å². The van der Waals surface area contributed by atoms with E-state index in [9.17, 15) is 28.8 Å².